The van der Waals surface area contributed by atoms with Crippen molar-refractivity contribution < 1.29 is 32.2 Å². The van der Waals surface area contributed by atoms with Crippen LogP contribution in [0.15, 0.2) is 22.7 Å². The molecule has 0 bridgehead atoms. The van der Waals surface area contributed by atoms with E-state index in [4.69, 9.17) is 24.4 Å². The molecule has 164 valence electrons. The smallest absolute Gasteiger partial charge is 0.234 e. The quantitative estimate of drug-likeness (QED) is 0.563. The van der Waals surface area contributed by atoms with Crippen molar-refractivity contribution in [1.29, 1.82) is 0 Å². The Morgan fingerprint density at radius 2 is 1.94 bits per heavy atom. The molecule has 1 saturated heterocycles. The van der Waals surface area contributed by atoms with Crippen molar-refractivity contribution >= 4 is 22.8 Å². The zero-order valence-electron chi connectivity index (χ0n) is 16.8. The van der Waals surface area contributed by atoms with E-state index in [2.05, 4.69) is 15.3 Å². The van der Waals surface area contributed by atoms with Crippen molar-refractivity contribution in [3.05, 3.63) is 41.3 Å². The van der Waals surface area contributed by atoms with Crippen molar-refractivity contribution in [2.24, 2.45) is 5.73 Å². The van der Waals surface area contributed by atoms with E-state index in [-0.39, 0.29) is 46.4 Å². The van der Waals surface area contributed by atoms with Gasteiger partial charge in [-0.2, -0.15) is 0 Å². The highest BCUT2D eigenvalue weighted by molar-refractivity contribution is 6.09. The summed E-state index contributed by atoms with van der Waals surface area (Å²) in [5.74, 6) is -4.07. The number of halogens is 2. The molecule has 4 rings (SSSR count). The standard InChI is InChI=1S/C20H20F2N4O5/c1-28-12-6-13(29-2)18(22)16(17(12)21)19(27)14-5-10-15(31-14)7-24-20(25-10)26-11-8-30-4-3-9(11)23/h5-7,9,11H,3-4,8,23H2,1-2H3,(H,24,25,26)/t9-,11+/m0/s1. The van der Waals surface area contributed by atoms with Gasteiger partial charge < -0.3 is 29.7 Å². The first-order chi connectivity index (χ1) is 14.9. The van der Waals surface area contributed by atoms with Crippen molar-refractivity contribution in [2.45, 2.75) is 18.5 Å². The number of ether oxygens (including phenoxy) is 3. The van der Waals surface area contributed by atoms with E-state index in [0.717, 1.165) is 6.07 Å². The summed E-state index contributed by atoms with van der Waals surface area (Å²) in [4.78, 5) is 21.3. The fraction of sp³-hybridized carbons (Fsp3) is 0.350. The monoisotopic (exact) mass is 434 g/mol. The lowest BCUT2D eigenvalue weighted by Gasteiger charge is -2.29. The summed E-state index contributed by atoms with van der Waals surface area (Å²) < 4.78 is 49.9. The zero-order chi connectivity index (χ0) is 22.1. The molecule has 1 fully saturated rings. The molecule has 1 aliphatic heterocycles. The van der Waals surface area contributed by atoms with Crippen LogP contribution in [0.4, 0.5) is 14.7 Å². The number of furan rings is 1. The van der Waals surface area contributed by atoms with Crippen LogP contribution in [0.25, 0.3) is 11.1 Å². The predicted octanol–water partition coefficient (Wildman–Crippen LogP) is 2.28. The normalized spacial score (nSPS) is 18.7. The Kier molecular flexibility index (Phi) is 5.70. The van der Waals surface area contributed by atoms with E-state index in [9.17, 15) is 13.6 Å². The number of hydrogen-bond donors (Lipinski definition) is 2. The van der Waals surface area contributed by atoms with Gasteiger partial charge in [0.2, 0.25) is 11.7 Å². The average molecular weight is 434 g/mol. The molecule has 0 spiro atoms. The number of anilines is 1. The second-order valence-electron chi connectivity index (χ2n) is 6.95. The van der Waals surface area contributed by atoms with Crippen molar-refractivity contribution in [1.82, 2.24) is 9.97 Å². The molecule has 0 unspecified atom stereocenters. The number of nitrogens with zero attached hydrogens (tertiary/aromatic N) is 2. The number of benzene rings is 1. The van der Waals surface area contributed by atoms with E-state index in [1.165, 1.54) is 26.5 Å². The lowest BCUT2D eigenvalue weighted by Crippen LogP contribution is -2.47. The van der Waals surface area contributed by atoms with Gasteiger partial charge in [0.1, 0.15) is 11.1 Å². The van der Waals surface area contributed by atoms with Crippen molar-refractivity contribution in [3.63, 3.8) is 0 Å². The van der Waals surface area contributed by atoms with Gasteiger partial charge in [-0.25, -0.2) is 18.7 Å². The fourth-order valence-electron chi connectivity index (χ4n) is 3.30. The molecule has 3 heterocycles. The molecule has 2 aromatic heterocycles. The third-order valence-electron chi connectivity index (χ3n) is 5.02. The summed E-state index contributed by atoms with van der Waals surface area (Å²) in [6.45, 7) is 1.00. The minimum absolute atomic E-state index is 0.122. The van der Waals surface area contributed by atoms with Gasteiger partial charge >= 0.3 is 0 Å². The summed E-state index contributed by atoms with van der Waals surface area (Å²) in [5, 5.41) is 3.09. The topological polar surface area (TPSA) is 122 Å². The Balaban J connectivity index is 1.67. The number of rotatable bonds is 6. The first kappa shape index (κ1) is 20.9. The number of methoxy groups -OCH3 is 2. The maximum atomic E-state index is 14.7. The highest BCUT2D eigenvalue weighted by atomic mass is 19.1. The van der Waals surface area contributed by atoms with E-state index >= 15 is 0 Å². The highest BCUT2D eigenvalue weighted by Crippen LogP contribution is 2.33. The van der Waals surface area contributed by atoms with E-state index in [1.807, 2.05) is 0 Å². The summed E-state index contributed by atoms with van der Waals surface area (Å²) in [6.07, 6.45) is 2.06. The number of fused-ring (bicyclic) bond motifs is 1. The van der Waals surface area contributed by atoms with E-state index < -0.39 is 23.0 Å². The molecule has 1 aliphatic rings. The Morgan fingerprint density at radius 3 is 2.58 bits per heavy atom. The van der Waals surface area contributed by atoms with Crippen LogP contribution in [-0.4, -0.2) is 55.3 Å². The molecule has 0 aliphatic carbocycles. The van der Waals surface area contributed by atoms with E-state index in [1.54, 1.807) is 0 Å². The van der Waals surface area contributed by atoms with Gasteiger partial charge in [-0.3, -0.25) is 4.79 Å². The number of carbonyl (C=O) groups excluding carboxylic acids is 1. The molecule has 0 saturated carbocycles. The first-order valence-electron chi connectivity index (χ1n) is 9.44. The van der Waals surface area contributed by atoms with E-state index in [0.29, 0.717) is 19.6 Å². The molecule has 0 amide bonds. The number of carbonyl (C=O) groups is 1. The maximum absolute atomic E-state index is 14.7. The number of hydrogen-bond acceptors (Lipinski definition) is 9. The SMILES string of the molecule is COc1cc(OC)c(F)c(C(=O)c2cc3nc(N[C@@H]4COCC[C@@H]4N)ncc3o2)c1F. The Bertz CT molecular complexity index is 1110. The third kappa shape index (κ3) is 3.89. The molecule has 0 radical (unpaired) electrons. The zero-order valence-corrected chi connectivity index (χ0v) is 16.8. The Labute approximate surface area is 175 Å². The third-order valence-corrected chi connectivity index (χ3v) is 5.02. The number of nitrogens with one attached hydrogen (secondary N) is 1. The molecule has 11 heteroatoms. The summed E-state index contributed by atoms with van der Waals surface area (Å²) in [5.41, 5.74) is 5.67. The highest BCUT2D eigenvalue weighted by Gasteiger charge is 2.29. The van der Waals surface area contributed by atoms with Crippen LogP contribution in [0, 0.1) is 11.6 Å². The molecule has 3 N–H and O–H groups in total. The second kappa shape index (κ2) is 8.44. The van der Waals surface area contributed by atoms with Gasteiger partial charge in [0.05, 0.1) is 33.1 Å². The van der Waals surface area contributed by atoms with Crippen LogP contribution < -0.4 is 20.5 Å². The molecule has 1 aromatic carbocycles. The maximum Gasteiger partial charge on any atom is 0.234 e. The van der Waals surface area contributed by atoms with Crippen LogP contribution >= 0.6 is 0 Å². The minimum atomic E-state index is -1.16. The van der Waals surface area contributed by atoms with Gasteiger partial charge in [-0.15, -0.1) is 0 Å². The Hall–Kier alpha value is -3.31. The summed E-state index contributed by atoms with van der Waals surface area (Å²) >= 11 is 0. The minimum Gasteiger partial charge on any atom is -0.494 e. The molecule has 31 heavy (non-hydrogen) atoms. The van der Waals surface area contributed by atoms with Crippen LogP contribution in [0.2, 0.25) is 0 Å². The summed E-state index contributed by atoms with van der Waals surface area (Å²) in [6, 6.07) is 2.01. The van der Waals surface area contributed by atoms with Crippen LogP contribution in [0.1, 0.15) is 22.5 Å². The lowest BCUT2D eigenvalue weighted by molar-refractivity contribution is 0.0766. The average Bonchev–Trinajstić information content (AvgIpc) is 3.19. The van der Waals surface area contributed by atoms with Gasteiger partial charge in [0, 0.05) is 24.8 Å². The van der Waals surface area contributed by atoms with Gasteiger partial charge in [0.25, 0.3) is 0 Å². The van der Waals surface area contributed by atoms with Crippen molar-refractivity contribution in [2.75, 3.05) is 32.8 Å². The van der Waals surface area contributed by atoms with Gasteiger partial charge in [-0.1, -0.05) is 0 Å². The largest absolute Gasteiger partial charge is 0.494 e. The number of nitrogens with two attached hydrogens (primary N) is 1. The first-order valence-corrected chi connectivity index (χ1v) is 9.44. The molecule has 2 atom stereocenters. The molecule has 3 aromatic rings. The van der Waals surface area contributed by atoms with Crippen LogP contribution in [0.5, 0.6) is 11.5 Å². The van der Waals surface area contributed by atoms with Gasteiger partial charge in [0.15, 0.2) is 34.5 Å². The van der Waals surface area contributed by atoms with Crippen molar-refractivity contribution in [3.8, 4) is 11.5 Å². The Morgan fingerprint density at radius 1 is 1.23 bits per heavy atom. The number of ketones is 1. The molecule has 9 nitrogen and oxygen atoms in total. The second-order valence-corrected chi connectivity index (χ2v) is 6.95. The predicted molar refractivity (Wildman–Crippen MR) is 106 cm³/mol. The van der Waals surface area contributed by atoms with Gasteiger partial charge in [-0.05, 0) is 6.42 Å². The number of aromatic nitrogens is 2. The van der Waals surface area contributed by atoms with Crippen LogP contribution in [-0.2, 0) is 4.74 Å². The fourth-order valence-corrected chi connectivity index (χ4v) is 3.30. The van der Waals surface area contributed by atoms with Crippen LogP contribution in [0.3, 0.4) is 0 Å². The lowest BCUT2D eigenvalue weighted by atomic mass is 10.1. The summed E-state index contributed by atoms with van der Waals surface area (Å²) in [7, 11) is 2.39. The molecular formula is C20H20F2N4O5. The molecular weight excluding hydrogens is 414 g/mol.